The minimum Gasteiger partial charge on any atom is -0.303 e. The first-order chi connectivity index (χ1) is 8.64. The fraction of sp³-hybridized carbons (Fsp3) is 1.00. The van der Waals surface area contributed by atoms with Gasteiger partial charge < -0.3 is 4.90 Å². The Morgan fingerprint density at radius 2 is 1.33 bits per heavy atom. The summed E-state index contributed by atoms with van der Waals surface area (Å²) in [6.07, 6.45) is 12.7. The van der Waals surface area contributed by atoms with Gasteiger partial charge in [0.25, 0.3) is 0 Å². The van der Waals surface area contributed by atoms with Gasteiger partial charge in [-0.15, -0.1) is 0 Å². The van der Waals surface area contributed by atoms with Gasteiger partial charge >= 0.3 is 0 Å². The van der Waals surface area contributed by atoms with Crippen LogP contribution in [0.4, 0.5) is 0 Å². The molecule has 0 aliphatic carbocycles. The normalized spacial score (nSPS) is 20.2. The van der Waals surface area contributed by atoms with Crippen molar-refractivity contribution in [3.8, 4) is 0 Å². The van der Waals surface area contributed by atoms with Gasteiger partial charge in [0.15, 0.2) is 0 Å². The lowest BCUT2D eigenvalue weighted by molar-refractivity contribution is 0.131. The SMILES string of the molecule is CC1(C)CCN(CCCCCCCCCBr)CC1. The van der Waals surface area contributed by atoms with Gasteiger partial charge in [0.05, 0.1) is 0 Å². The maximum atomic E-state index is 3.49. The summed E-state index contributed by atoms with van der Waals surface area (Å²) in [5.74, 6) is 0. The largest absolute Gasteiger partial charge is 0.303 e. The van der Waals surface area contributed by atoms with Gasteiger partial charge in [-0.05, 0) is 50.7 Å². The molecule has 0 unspecified atom stereocenters. The lowest BCUT2D eigenvalue weighted by Crippen LogP contribution is -2.37. The third-order valence-corrected chi connectivity index (χ3v) is 4.88. The Morgan fingerprint density at radius 3 is 1.89 bits per heavy atom. The van der Waals surface area contributed by atoms with E-state index in [1.54, 1.807) is 0 Å². The van der Waals surface area contributed by atoms with Crippen molar-refractivity contribution in [3.63, 3.8) is 0 Å². The Hall–Kier alpha value is 0.440. The van der Waals surface area contributed by atoms with E-state index >= 15 is 0 Å². The minimum atomic E-state index is 0.603. The number of piperidine rings is 1. The van der Waals surface area contributed by atoms with Crippen molar-refractivity contribution in [1.82, 2.24) is 4.90 Å². The van der Waals surface area contributed by atoms with E-state index in [1.165, 1.54) is 82.8 Å². The molecule has 108 valence electrons. The number of halogens is 1. The standard InChI is InChI=1S/C16H32BrN/c1-16(2)10-14-18(15-11-16)13-9-7-5-3-4-6-8-12-17/h3-15H2,1-2H3. The minimum absolute atomic E-state index is 0.603. The van der Waals surface area contributed by atoms with E-state index < -0.39 is 0 Å². The average molecular weight is 318 g/mol. The lowest BCUT2D eigenvalue weighted by Gasteiger charge is -2.36. The number of nitrogens with zero attached hydrogens (tertiary/aromatic N) is 1. The number of likely N-dealkylation sites (tertiary alicyclic amines) is 1. The van der Waals surface area contributed by atoms with Crippen molar-refractivity contribution >= 4 is 15.9 Å². The van der Waals surface area contributed by atoms with Gasteiger partial charge in [-0.25, -0.2) is 0 Å². The van der Waals surface area contributed by atoms with Gasteiger partial charge in [0, 0.05) is 5.33 Å². The molecule has 1 aliphatic rings. The van der Waals surface area contributed by atoms with E-state index in [4.69, 9.17) is 0 Å². The molecular weight excluding hydrogens is 286 g/mol. The summed E-state index contributed by atoms with van der Waals surface area (Å²) >= 11 is 3.49. The summed E-state index contributed by atoms with van der Waals surface area (Å²) in [6, 6.07) is 0. The first-order valence-corrected chi connectivity index (χ1v) is 9.04. The van der Waals surface area contributed by atoms with Gasteiger partial charge in [-0.1, -0.05) is 61.9 Å². The highest BCUT2D eigenvalue weighted by atomic mass is 79.9. The van der Waals surface area contributed by atoms with Crippen LogP contribution in [0.5, 0.6) is 0 Å². The van der Waals surface area contributed by atoms with Crippen LogP contribution in [0.1, 0.15) is 71.6 Å². The number of rotatable bonds is 9. The van der Waals surface area contributed by atoms with Crippen LogP contribution >= 0.6 is 15.9 Å². The quantitative estimate of drug-likeness (QED) is 0.415. The number of hydrogen-bond acceptors (Lipinski definition) is 1. The van der Waals surface area contributed by atoms with E-state index in [-0.39, 0.29) is 0 Å². The van der Waals surface area contributed by atoms with Crippen molar-refractivity contribution in [3.05, 3.63) is 0 Å². The van der Waals surface area contributed by atoms with E-state index in [2.05, 4.69) is 34.7 Å². The predicted molar refractivity (Wildman–Crippen MR) is 85.6 cm³/mol. The van der Waals surface area contributed by atoms with Crippen LogP contribution in [0.2, 0.25) is 0 Å². The van der Waals surface area contributed by atoms with Gasteiger partial charge in [0.1, 0.15) is 0 Å². The summed E-state index contributed by atoms with van der Waals surface area (Å²) in [6.45, 7) is 8.84. The summed E-state index contributed by atoms with van der Waals surface area (Å²) < 4.78 is 0. The first kappa shape index (κ1) is 16.5. The van der Waals surface area contributed by atoms with E-state index in [1.807, 2.05) is 0 Å². The average Bonchev–Trinajstić information content (AvgIpc) is 2.34. The van der Waals surface area contributed by atoms with Crippen molar-refractivity contribution in [2.75, 3.05) is 25.0 Å². The van der Waals surface area contributed by atoms with Crippen molar-refractivity contribution < 1.29 is 0 Å². The molecule has 1 fully saturated rings. The Balaban J connectivity index is 1.87. The Kier molecular flexibility index (Phi) is 8.58. The van der Waals surface area contributed by atoms with Gasteiger partial charge in [0.2, 0.25) is 0 Å². The third-order valence-electron chi connectivity index (χ3n) is 4.32. The molecule has 0 N–H and O–H groups in total. The molecule has 1 nitrogen and oxygen atoms in total. The topological polar surface area (TPSA) is 3.24 Å². The molecule has 0 aromatic carbocycles. The van der Waals surface area contributed by atoms with Crippen molar-refractivity contribution in [1.29, 1.82) is 0 Å². The van der Waals surface area contributed by atoms with Gasteiger partial charge in [-0.2, -0.15) is 0 Å². The smallest absolute Gasteiger partial charge is 0.00313 e. The van der Waals surface area contributed by atoms with E-state index in [9.17, 15) is 0 Å². The molecule has 0 aromatic heterocycles. The molecule has 1 saturated heterocycles. The summed E-state index contributed by atoms with van der Waals surface area (Å²) in [4.78, 5) is 2.68. The number of unbranched alkanes of at least 4 members (excludes halogenated alkanes) is 6. The molecule has 0 bridgehead atoms. The second-order valence-corrected chi connectivity index (χ2v) is 7.46. The highest BCUT2D eigenvalue weighted by molar-refractivity contribution is 9.09. The van der Waals surface area contributed by atoms with Crippen LogP contribution in [-0.2, 0) is 0 Å². The molecule has 18 heavy (non-hydrogen) atoms. The Bertz CT molecular complexity index is 193. The van der Waals surface area contributed by atoms with E-state index in [0.717, 1.165) is 0 Å². The summed E-state index contributed by atoms with van der Waals surface area (Å²) in [7, 11) is 0. The van der Waals surface area contributed by atoms with Crippen LogP contribution in [0.3, 0.4) is 0 Å². The predicted octanol–water partition coefficient (Wildman–Crippen LogP) is 5.23. The molecule has 0 aromatic rings. The van der Waals surface area contributed by atoms with Crippen molar-refractivity contribution in [2.24, 2.45) is 5.41 Å². The summed E-state index contributed by atoms with van der Waals surface area (Å²) in [5.41, 5.74) is 0.603. The van der Waals surface area contributed by atoms with Crippen LogP contribution in [0, 0.1) is 5.41 Å². The second kappa shape index (κ2) is 9.36. The summed E-state index contributed by atoms with van der Waals surface area (Å²) in [5, 5.41) is 1.18. The zero-order valence-corrected chi connectivity index (χ0v) is 14.1. The molecule has 1 aliphatic heterocycles. The number of alkyl halides is 1. The molecule has 2 heteroatoms. The van der Waals surface area contributed by atoms with Crippen LogP contribution < -0.4 is 0 Å². The molecule has 1 heterocycles. The maximum absolute atomic E-state index is 3.49. The van der Waals surface area contributed by atoms with Crippen LogP contribution in [0.15, 0.2) is 0 Å². The lowest BCUT2D eigenvalue weighted by atomic mass is 9.82. The zero-order chi connectivity index (χ0) is 13.3. The fourth-order valence-corrected chi connectivity index (χ4v) is 3.09. The highest BCUT2D eigenvalue weighted by Gasteiger charge is 2.24. The molecule has 1 rings (SSSR count). The maximum Gasteiger partial charge on any atom is 0.00313 e. The molecule has 0 saturated carbocycles. The third kappa shape index (κ3) is 7.78. The highest BCUT2D eigenvalue weighted by Crippen LogP contribution is 2.29. The van der Waals surface area contributed by atoms with Crippen LogP contribution in [0.25, 0.3) is 0 Å². The Labute approximate surface area is 123 Å². The van der Waals surface area contributed by atoms with Crippen LogP contribution in [-0.4, -0.2) is 29.9 Å². The monoisotopic (exact) mass is 317 g/mol. The molecular formula is C16H32BrN. The molecule has 0 spiro atoms. The van der Waals surface area contributed by atoms with E-state index in [0.29, 0.717) is 5.41 Å². The Morgan fingerprint density at radius 1 is 0.833 bits per heavy atom. The number of hydrogen-bond donors (Lipinski definition) is 0. The zero-order valence-electron chi connectivity index (χ0n) is 12.5. The van der Waals surface area contributed by atoms with Gasteiger partial charge in [-0.3, -0.25) is 0 Å². The molecule has 0 amide bonds. The molecule has 0 radical (unpaired) electrons. The fourth-order valence-electron chi connectivity index (χ4n) is 2.70. The van der Waals surface area contributed by atoms with Crippen molar-refractivity contribution in [2.45, 2.75) is 71.6 Å². The molecule has 0 atom stereocenters. The first-order valence-electron chi connectivity index (χ1n) is 7.92. The second-order valence-electron chi connectivity index (χ2n) is 6.67.